The molecule has 0 aliphatic carbocycles. The van der Waals surface area contributed by atoms with Gasteiger partial charge in [0.1, 0.15) is 5.75 Å². The standard InChI is InChI=1S/C26H33N3O2/c1-18(19-7-4-3-5-8-19)27-26(30)29-13-6-9-21-17-28-14-12-20-15-22(31-2)10-11-23(20)25(28)16-24(21)29/h3-5,7-8,10-11,15,18,21,24-25H,6,9,12-14,16-17H2,1-2H3,(H,27,30)/t18?,21-,24+,25-/m1/s1. The molecule has 1 N–H and O–H groups in total. The molecule has 5 nitrogen and oxygen atoms in total. The summed E-state index contributed by atoms with van der Waals surface area (Å²) in [4.78, 5) is 18.1. The molecule has 3 aliphatic rings. The molecular weight excluding hydrogens is 386 g/mol. The zero-order chi connectivity index (χ0) is 21.4. The van der Waals surface area contributed by atoms with Crippen molar-refractivity contribution >= 4 is 6.03 Å². The summed E-state index contributed by atoms with van der Waals surface area (Å²) in [6.45, 7) is 5.13. The molecule has 5 heteroatoms. The molecule has 164 valence electrons. The molecule has 0 spiro atoms. The number of methoxy groups -OCH3 is 1. The third-order valence-corrected chi connectivity index (χ3v) is 7.57. The minimum absolute atomic E-state index is 0.0111. The summed E-state index contributed by atoms with van der Waals surface area (Å²) in [5, 5.41) is 3.26. The molecule has 2 aromatic carbocycles. The van der Waals surface area contributed by atoms with Crippen LogP contribution in [-0.2, 0) is 6.42 Å². The highest BCUT2D eigenvalue weighted by Gasteiger charge is 2.44. The van der Waals surface area contributed by atoms with Crippen LogP contribution in [0.15, 0.2) is 48.5 Å². The second-order valence-electron chi connectivity index (χ2n) is 9.31. The third-order valence-electron chi connectivity index (χ3n) is 7.57. The number of ether oxygens (including phenoxy) is 1. The van der Waals surface area contributed by atoms with Crippen molar-refractivity contribution in [2.24, 2.45) is 5.92 Å². The number of amides is 2. The molecule has 1 unspecified atom stereocenters. The maximum atomic E-state index is 13.3. The normalized spacial score (nSPS) is 26.3. The van der Waals surface area contributed by atoms with Crippen molar-refractivity contribution in [3.8, 4) is 5.75 Å². The van der Waals surface area contributed by atoms with Gasteiger partial charge in [-0.3, -0.25) is 4.90 Å². The lowest BCUT2D eigenvalue weighted by Gasteiger charge is -2.52. The van der Waals surface area contributed by atoms with Crippen LogP contribution in [0.5, 0.6) is 5.75 Å². The Morgan fingerprint density at radius 1 is 1.16 bits per heavy atom. The van der Waals surface area contributed by atoms with Crippen LogP contribution in [0.4, 0.5) is 4.79 Å². The van der Waals surface area contributed by atoms with Gasteiger partial charge in [-0.1, -0.05) is 36.4 Å². The largest absolute Gasteiger partial charge is 0.497 e. The van der Waals surface area contributed by atoms with Gasteiger partial charge in [0.05, 0.1) is 13.2 Å². The number of nitrogens with zero attached hydrogens (tertiary/aromatic N) is 2. The van der Waals surface area contributed by atoms with E-state index in [2.05, 4.69) is 52.4 Å². The molecule has 2 aromatic rings. The monoisotopic (exact) mass is 419 g/mol. The van der Waals surface area contributed by atoms with Crippen molar-refractivity contribution in [2.45, 2.75) is 50.7 Å². The Balaban J connectivity index is 1.34. The van der Waals surface area contributed by atoms with Crippen LogP contribution in [0.25, 0.3) is 0 Å². The molecule has 2 fully saturated rings. The molecule has 31 heavy (non-hydrogen) atoms. The van der Waals surface area contributed by atoms with Crippen LogP contribution >= 0.6 is 0 Å². The Morgan fingerprint density at radius 3 is 2.81 bits per heavy atom. The fourth-order valence-electron chi connectivity index (χ4n) is 5.91. The lowest BCUT2D eigenvalue weighted by Crippen LogP contribution is -2.59. The van der Waals surface area contributed by atoms with Gasteiger partial charge in [0, 0.05) is 31.7 Å². The van der Waals surface area contributed by atoms with Gasteiger partial charge < -0.3 is 15.0 Å². The maximum Gasteiger partial charge on any atom is 0.318 e. The van der Waals surface area contributed by atoms with Gasteiger partial charge in [-0.05, 0) is 67.3 Å². The van der Waals surface area contributed by atoms with Crippen LogP contribution in [0.3, 0.4) is 0 Å². The van der Waals surface area contributed by atoms with Gasteiger partial charge in [-0.2, -0.15) is 0 Å². The van der Waals surface area contributed by atoms with Gasteiger partial charge in [-0.15, -0.1) is 0 Å². The van der Waals surface area contributed by atoms with E-state index in [0.29, 0.717) is 18.0 Å². The Labute approximate surface area is 185 Å². The number of rotatable bonds is 3. The lowest BCUT2D eigenvalue weighted by atomic mass is 9.76. The highest BCUT2D eigenvalue weighted by molar-refractivity contribution is 5.75. The van der Waals surface area contributed by atoms with Crippen molar-refractivity contribution < 1.29 is 9.53 Å². The smallest absolute Gasteiger partial charge is 0.318 e. The molecule has 0 saturated carbocycles. The molecule has 3 aliphatic heterocycles. The van der Waals surface area contributed by atoms with E-state index in [1.165, 1.54) is 17.5 Å². The highest BCUT2D eigenvalue weighted by atomic mass is 16.5. The number of carbonyl (C=O) groups excluding carboxylic acids is 1. The molecule has 5 rings (SSSR count). The molecule has 0 aromatic heterocycles. The van der Waals surface area contributed by atoms with Crippen molar-refractivity contribution in [3.05, 3.63) is 65.2 Å². The molecule has 4 atom stereocenters. The van der Waals surface area contributed by atoms with Crippen molar-refractivity contribution in [1.29, 1.82) is 0 Å². The quantitative estimate of drug-likeness (QED) is 0.794. The van der Waals surface area contributed by atoms with Gasteiger partial charge in [-0.25, -0.2) is 4.79 Å². The Morgan fingerprint density at radius 2 is 2.00 bits per heavy atom. The molecule has 3 heterocycles. The first-order valence-corrected chi connectivity index (χ1v) is 11.7. The van der Waals surface area contributed by atoms with E-state index in [0.717, 1.165) is 50.2 Å². The summed E-state index contributed by atoms with van der Waals surface area (Å²) in [6.07, 6.45) is 4.43. The SMILES string of the molecule is COc1ccc2c(c1)CCN1C[C@H]3CCCN(C(=O)NC(C)c4ccccc4)[C@H]3C[C@H]21. The van der Waals surface area contributed by atoms with Crippen molar-refractivity contribution in [3.63, 3.8) is 0 Å². The van der Waals surface area contributed by atoms with E-state index >= 15 is 0 Å². The van der Waals surface area contributed by atoms with E-state index in [1.54, 1.807) is 7.11 Å². The molecule has 0 bridgehead atoms. The van der Waals surface area contributed by atoms with Gasteiger partial charge in [0.15, 0.2) is 0 Å². The van der Waals surface area contributed by atoms with Crippen LogP contribution in [0, 0.1) is 5.92 Å². The molecule has 2 saturated heterocycles. The van der Waals surface area contributed by atoms with Crippen molar-refractivity contribution in [2.75, 3.05) is 26.7 Å². The summed E-state index contributed by atoms with van der Waals surface area (Å²) in [5.74, 6) is 1.51. The first-order chi connectivity index (χ1) is 15.1. The maximum absolute atomic E-state index is 13.3. The topological polar surface area (TPSA) is 44.8 Å². The zero-order valence-corrected chi connectivity index (χ0v) is 18.6. The number of hydrogen-bond donors (Lipinski definition) is 1. The minimum Gasteiger partial charge on any atom is -0.497 e. The van der Waals surface area contributed by atoms with Crippen LogP contribution < -0.4 is 10.1 Å². The second-order valence-corrected chi connectivity index (χ2v) is 9.31. The second kappa shape index (κ2) is 8.54. The Hall–Kier alpha value is -2.53. The van der Waals surface area contributed by atoms with Gasteiger partial charge in [0.25, 0.3) is 0 Å². The average Bonchev–Trinajstić information content (AvgIpc) is 2.82. The van der Waals surface area contributed by atoms with Crippen LogP contribution in [0.1, 0.15) is 55.0 Å². The van der Waals surface area contributed by atoms with E-state index < -0.39 is 0 Å². The number of piperidine rings is 2. The fourth-order valence-corrected chi connectivity index (χ4v) is 5.91. The zero-order valence-electron chi connectivity index (χ0n) is 18.6. The highest BCUT2D eigenvalue weighted by Crippen LogP contribution is 2.43. The summed E-state index contributed by atoms with van der Waals surface area (Å²) in [5.41, 5.74) is 3.98. The van der Waals surface area contributed by atoms with Crippen molar-refractivity contribution in [1.82, 2.24) is 15.1 Å². The summed E-state index contributed by atoms with van der Waals surface area (Å²) >= 11 is 0. The number of benzene rings is 2. The van der Waals surface area contributed by atoms with E-state index in [1.807, 2.05) is 18.2 Å². The number of nitrogens with one attached hydrogen (secondary N) is 1. The van der Waals surface area contributed by atoms with E-state index in [9.17, 15) is 4.79 Å². The number of fused-ring (bicyclic) bond motifs is 4. The Bertz CT molecular complexity index is 932. The predicted octanol–water partition coefficient (Wildman–Crippen LogP) is 4.55. The Kier molecular flexibility index (Phi) is 5.61. The average molecular weight is 420 g/mol. The van der Waals surface area contributed by atoms with E-state index in [4.69, 9.17) is 4.74 Å². The minimum atomic E-state index is 0.0111. The van der Waals surface area contributed by atoms with E-state index in [-0.39, 0.29) is 12.1 Å². The van der Waals surface area contributed by atoms with Gasteiger partial charge >= 0.3 is 6.03 Å². The summed E-state index contributed by atoms with van der Waals surface area (Å²) in [6, 6.07) is 17.6. The fraction of sp³-hybridized carbons (Fsp3) is 0.500. The first-order valence-electron chi connectivity index (χ1n) is 11.7. The molecular formula is C26H33N3O2. The van der Waals surface area contributed by atoms with Gasteiger partial charge in [0.2, 0.25) is 0 Å². The number of likely N-dealkylation sites (tertiary alicyclic amines) is 1. The summed E-state index contributed by atoms with van der Waals surface area (Å²) in [7, 11) is 1.73. The van der Waals surface area contributed by atoms with Crippen LogP contribution in [-0.4, -0.2) is 48.6 Å². The molecule has 0 radical (unpaired) electrons. The molecule has 2 amide bonds. The number of urea groups is 1. The first kappa shape index (κ1) is 20.4. The lowest BCUT2D eigenvalue weighted by molar-refractivity contribution is 0.00530. The predicted molar refractivity (Wildman–Crippen MR) is 122 cm³/mol. The number of carbonyl (C=O) groups is 1. The summed E-state index contributed by atoms with van der Waals surface area (Å²) < 4.78 is 5.45. The third kappa shape index (κ3) is 3.91. The number of hydrogen-bond acceptors (Lipinski definition) is 3. The van der Waals surface area contributed by atoms with Crippen LogP contribution in [0.2, 0.25) is 0 Å².